The molecule has 4 heteroatoms. The minimum atomic E-state index is -0.134. The molecule has 0 spiro atoms. The number of hydrogen-bond donors (Lipinski definition) is 0. The van der Waals surface area contributed by atoms with Crippen molar-refractivity contribution in [1.82, 2.24) is 0 Å². The largest absolute Gasteiger partial charge is 0.309 e. The van der Waals surface area contributed by atoms with Crippen LogP contribution in [0, 0.1) is 0 Å². The Kier molecular flexibility index (Phi) is 5.66. The first-order valence-electron chi connectivity index (χ1n) is 10.4. The van der Waals surface area contributed by atoms with Crippen molar-refractivity contribution in [2.24, 2.45) is 0 Å². The second-order valence-corrected chi connectivity index (χ2v) is 7.81. The lowest BCUT2D eigenvalue weighted by Gasteiger charge is -2.43. The van der Waals surface area contributed by atoms with E-state index in [9.17, 15) is 9.59 Å². The van der Waals surface area contributed by atoms with Gasteiger partial charge in [0.15, 0.2) is 0 Å². The van der Waals surface area contributed by atoms with E-state index in [0.717, 1.165) is 22.5 Å². The van der Waals surface area contributed by atoms with Crippen molar-refractivity contribution in [3.8, 4) is 0 Å². The van der Waals surface area contributed by atoms with E-state index in [1.165, 1.54) is 0 Å². The summed E-state index contributed by atoms with van der Waals surface area (Å²) in [5.41, 5.74) is 3.77. The molecule has 0 bridgehead atoms. The second kappa shape index (κ2) is 8.54. The van der Waals surface area contributed by atoms with Crippen LogP contribution >= 0.6 is 0 Å². The highest BCUT2D eigenvalue weighted by Crippen LogP contribution is 2.42. The van der Waals surface area contributed by atoms with Crippen LogP contribution in [-0.4, -0.2) is 17.9 Å². The quantitative estimate of drug-likeness (QED) is 0.610. The average molecular weight is 399 g/mol. The van der Waals surface area contributed by atoms with Crippen LogP contribution < -0.4 is 9.80 Å². The first-order chi connectivity index (χ1) is 14.6. The van der Waals surface area contributed by atoms with Crippen LogP contribution in [0.2, 0.25) is 0 Å². The van der Waals surface area contributed by atoms with Crippen LogP contribution in [0.1, 0.15) is 37.4 Å². The standard InChI is InChI=1S/C26H26N2O2/c1-19-17-25(23-15-9-10-16-24(23)27(19)20(2)29)28(22-13-7-4-8-14-22)26(30)18-21-11-5-3-6-12-21/h3-16,19,25H,17-18H2,1-2H3/t19-,25-/m1/s1. The lowest BCUT2D eigenvalue weighted by atomic mass is 9.89. The van der Waals surface area contributed by atoms with E-state index in [-0.39, 0.29) is 23.9 Å². The van der Waals surface area contributed by atoms with Gasteiger partial charge in [-0.3, -0.25) is 9.59 Å². The van der Waals surface area contributed by atoms with Crippen LogP contribution in [0.4, 0.5) is 11.4 Å². The highest BCUT2D eigenvalue weighted by atomic mass is 16.2. The number of carbonyl (C=O) groups is 2. The maximum absolute atomic E-state index is 13.6. The van der Waals surface area contributed by atoms with E-state index in [4.69, 9.17) is 0 Å². The van der Waals surface area contributed by atoms with Crippen molar-refractivity contribution in [1.29, 1.82) is 0 Å². The van der Waals surface area contributed by atoms with E-state index >= 15 is 0 Å². The topological polar surface area (TPSA) is 40.6 Å². The summed E-state index contributed by atoms with van der Waals surface area (Å²) < 4.78 is 0. The van der Waals surface area contributed by atoms with Gasteiger partial charge in [-0.1, -0.05) is 66.7 Å². The molecule has 0 radical (unpaired) electrons. The summed E-state index contributed by atoms with van der Waals surface area (Å²) in [6.07, 6.45) is 1.02. The summed E-state index contributed by atoms with van der Waals surface area (Å²) in [4.78, 5) is 29.7. The van der Waals surface area contributed by atoms with Gasteiger partial charge in [0.2, 0.25) is 11.8 Å². The SMILES string of the molecule is CC(=O)N1c2ccccc2[C@H](N(C(=O)Cc2ccccc2)c2ccccc2)C[C@H]1C. The number of carbonyl (C=O) groups excluding carboxylic acids is 2. The summed E-state index contributed by atoms with van der Waals surface area (Å²) in [6, 6.07) is 27.5. The number of hydrogen-bond acceptors (Lipinski definition) is 2. The van der Waals surface area contributed by atoms with Crippen LogP contribution in [0.3, 0.4) is 0 Å². The van der Waals surface area contributed by atoms with Gasteiger partial charge < -0.3 is 9.80 Å². The molecule has 0 unspecified atom stereocenters. The molecular weight excluding hydrogens is 372 g/mol. The maximum atomic E-state index is 13.6. The number of benzene rings is 3. The number of fused-ring (bicyclic) bond motifs is 1. The third kappa shape index (κ3) is 3.86. The molecule has 3 aromatic carbocycles. The molecule has 0 aromatic heterocycles. The average Bonchev–Trinajstić information content (AvgIpc) is 2.75. The fraction of sp³-hybridized carbons (Fsp3) is 0.231. The molecular formula is C26H26N2O2. The van der Waals surface area contributed by atoms with E-state index in [2.05, 4.69) is 6.92 Å². The number of rotatable bonds is 4. The van der Waals surface area contributed by atoms with E-state index in [0.29, 0.717) is 12.8 Å². The van der Waals surface area contributed by atoms with Crippen molar-refractivity contribution < 1.29 is 9.59 Å². The van der Waals surface area contributed by atoms with Gasteiger partial charge in [0.05, 0.1) is 12.5 Å². The molecule has 0 saturated carbocycles. The Morgan fingerprint density at radius 2 is 1.50 bits per heavy atom. The van der Waals surface area contributed by atoms with Crippen molar-refractivity contribution in [2.45, 2.75) is 38.8 Å². The Hall–Kier alpha value is -3.40. The first-order valence-corrected chi connectivity index (χ1v) is 10.4. The summed E-state index contributed by atoms with van der Waals surface area (Å²) in [5, 5.41) is 0. The fourth-order valence-corrected chi connectivity index (χ4v) is 4.45. The lowest BCUT2D eigenvalue weighted by Crippen LogP contribution is -2.47. The lowest BCUT2D eigenvalue weighted by molar-refractivity contribution is -0.118. The monoisotopic (exact) mass is 398 g/mol. The highest BCUT2D eigenvalue weighted by Gasteiger charge is 2.37. The Labute approximate surface area is 177 Å². The Balaban J connectivity index is 1.78. The van der Waals surface area contributed by atoms with Crippen molar-refractivity contribution in [3.63, 3.8) is 0 Å². The van der Waals surface area contributed by atoms with Gasteiger partial charge in [0.1, 0.15) is 0 Å². The summed E-state index contributed by atoms with van der Waals surface area (Å²) in [7, 11) is 0. The molecule has 1 heterocycles. The third-order valence-electron chi connectivity index (χ3n) is 5.71. The zero-order valence-corrected chi connectivity index (χ0v) is 17.4. The molecule has 4 rings (SSSR count). The minimum Gasteiger partial charge on any atom is -0.309 e. The number of anilines is 2. The van der Waals surface area contributed by atoms with Crippen molar-refractivity contribution in [2.75, 3.05) is 9.80 Å². The zero-order valence-electron chi connectivity index (χ0n) is 17.4. The molecule has 0 fully saturated rings. The van der Waals surface area contributed by atoms with Gasteiger partial charge in [-0.15, -0.1) is 0 Å². The van der Waals surface area contributed by atoms with Gasteiger partial charge in [-0.25, -0.2) is 0 Å². The molecule has 0 saturated heterocycles. The molecule has 0 aliphatic carbocycles. The molecule has 2 atom stereocenters. The Morgan fingerprint density at radius 1 is 0.900 bits per heavy atom. The number of nitrogens with zero attached hydrogens (tertiary/aromatic N) is 2. The second-order valence-electron chi connectivity index (χ2n) is 7.81. The molecule has 0 N–H and O–H groups in total. The van der Waals surface area contributed by atoms with E-state index in [1.54, 1.807) is 6.92 Å². The van der Waals surface area contributed by atoms with Crippen molar-refractivity contribution >= 4 is 23.2 Å². The molecule has 2 amide bonds. The fourth-order valence-electron chi connectivity index (χ4n) is 4.45. The summed E-state index contributed by atoms with van der Waals surface area (Å²) >= 11 is 0. The molecule has 152 valence electrons. The normalized spacial score (nSPS) is 17.9. The zero-order chi connectivity index (χ0) is 21.1. The van der Waals surface area contributed by atoms with Gasteiger partial charge in [-0.2, -0.15) is 0 Å². The smallest absolute Gasteiger partial charge is 0.231 e. The molecule has 3 aromatic rings. The predicted octanol–water partition coefficient (Wildman–Crippen LogP) is 5.15. The maximum Gasteiger partial charge on any atom is 0.231 e. The highest BCUT2D eigenvalue weighted by molar-refractivity contribution is 5.98. The van der Waals surface area contributed by atoms with Gasteiger partial charge in [0, 0.05) is 24.3 Å². The Morgan fingerprint density at radius 3 is 2.17 bits per heavy atom. The molecule has 30 heavy (non-hydrogen) atoms. The van der Waals surface area contributed by atoms with Gasteiger partial charge >= 0.3 is 0 Å². The Bertz CT molecular complexity index is 1030. The summed E-state index contributed by atoms with van der Waals surface area (Å²) in [6.45, 7) is 3.65. The van der Waals surface area contributed by atoms with Crippen LogP contribution in [0.15, 0.2) is 84.9 Å². The van der Waals surface area contributed by atoms with Gasteiger partial charge in [0.25, 0.3) is 0 Å². The van der Waals surface area contributed by atoms with Crippen LogP contribution in [0.25, 0.3) is 0 Å². The predicted molar refractivity (Wildman–Crippen MR) is 120 cm³/mol. The summed E-state index contributed by atoms with van der Waals surface area (Å²) in [5.74, 6) is 0.0750. The van der Waals surface area contributed by atoms with Gasteiger partial charge in [-0.05, 0) is 42.7 Å². The van der Waals surface area contributed by atoms with Crippen LogP contribution in [0.5, 0.6) is 0 Å². The molecule has 4 nitrogen and oxygen atoms in total. The van der Waals surface area contributed by atoms with E-state index in [1.807, 2.05) is 94.7 Å². The minimum absolute atomic E-state index is 0.00172. The molecule has 1 aliphatic heterocycles. The number of amides is 2. The first kappa shape index (κ1) is 19.9. The van der Waals surface area contributed by atoms with E-state index < -0.39 is 0 Å². The third-order valence-corrected chi connectivity index (χ3v) is 5.71. The van der Waals surface area contributed by atoms with Crippen molar-refractivity contribution in [3.05, 3.63) is 96.1 Å². The van der Waals surface area contributed by atoms with Crippen LogP contribution in [-0.2, 0) is 16.0 Å². The molecule has 1 aliphatic rings. The number of para-hydroxylation sites is 2.